The summed E-state index contributed by atoms with van der Waals surface area (Å²) in [5.74, 6) is 1.39. The molecule has 4 heteroatoms. The lowest BCUT2D eigenvalue weighted by molar-refractivity contribution is -0.118. The lowest BCUT2D eigenvalue weighted by Crippen LogP contribution is -2.20. The van der Waals surface area contributed by atoms with Crippen molar-refractivity contribution in [3.63, 3.8) is 0 Å². The van der Waals surface area contributed by atoms with Crippen molar-refractivity contribution >= 4 is 11.6 Å². The van der Waals surface area contributed by atoms with Gasteiger partial charge in [0, 0.05) is 5.69 Å². The molecular formula is C21H27NO3. The Bertz CT molecular complexity index is 708. The first-order valence-corrected chi connectivity index (χ1v) is 8.73. The molecule has 0 fully saturated rings. The molecule has 134 valence electrons. The third-order valence-corrected chi connectivity index (χ3v) is 4.03. The highest BCUT2D eigenvalue weighted by molar-refractivity contribution is 5.91. The van der Waals surface area contributed by atoms with Crippen molar-refractivity contribution in [3.8, 4) is 11.5 Å². The molecule has 0 aromatic heterocycles. The first-order valence-electron chi connectivity index (χ1n) is 8.73. The maximum absolute atomic E-state index is 12.1. The van der Waals surface area contributed by atoms with E-state index >= 15 is 0 Å². The summed E-state index contributed by atoms with van der Waals surface area (Å²) in [5, 5.41) is 2.84. The lowest BCUT2D eigenvalue weighted by atomic mass is 10.1. The molecular weight excluding hydrogens is 314 g/mol. The molecule has 0 unspecified atom stereocenters. The smallest absolute Gasteiger partial charge is 0.262 e. The van der Waals surface area contributed by atoms with Crippen molar-refractivity contribution in [1.82, 2.24) is 0 Å². The number of anilines is 1. The van der Waals surface area contributed by atoms with Crippen molar-refractivity contribution in [2.24, 2.45) is 0 Å². The number of unbranched alkanes of at least 4 members (excludes halogenated alkanes) is 1. The summed E-state index contributed by atoms with van der Waals surface area (Å²) in [5.41, 5.74) is 4.08. The average Bonchev–Trinajstić information content (AvgIpc) is 2.58. The van der Waals surface area contributed by atoms with Gasteiger partial charge in [0.25, 0.3) is 5.91 Å². The molecule has 25 heavy (non-hydrogen) atoms. The van der Waals surface area contributed by atoms with E-state index in [2.05, 4.69) is 18.3 Å². The molecule has 0 aliphatic carbocycles. The maximum atomic E-state index is 12.1. The van der Waals surface area contributed by atoms with Crippen LogP contribution in [0.4, 0.5) is 5.69 Å². The molecule has 0 spiro atoms. The Hall–Kier alpha value is -2.49. The molecule has 2 rings (SSSR count). The molecule has 0 aliphatic rings. The van der Waals surface area contributed by atoms with E-state index in [1.807, 2.05) is 51.1 Å². The highest BCUT2D eigenvalue weighted by atomic mass is 16.5. The standard InChI is InChI=1S/C21H27NO3/c1-5-6-11-24-19-9-7-18(8-10-19)22-21(23)14-25-20-13-15(2)12-16(3)17(20)4/h7-10,12-13H,5-6,11,14H2,1-4H3,(H,22,23). The molecule has 0 aliphatic heterocycles. The van der Waals surface area contributed by atoms with E-state index in [0.29, 0.717) is 6.61 Å². The van der Waals surface area contributed by atoms with Crippen LogP contribution in [-0.4, -0.2) is 19.1 Å². The fourth-order valence-electron chi connectivity index (χ4n) is 2.46. The van der Waals surface area contributed by atoms with Crippen LogP contribution in [0.1, 0.15) is 36.5 Å². The van der Waals surface area contributed by atoms with E-state index in [1.165, 1.54) is 0 Å². The van der Waals surface area contributed by atoms with E-state index in [4.69, 9.17) is 9.47 Å². The quantitative estimate of drug-likeness (QED) is 0.701. The van der Waals surface area contributed by atoms with Crippen molar-refractivity contribution < 1.29 is 14.3 Å². The van der Waals surface area contributed by atoms with Gasteiger partial charge in [-0.1, -0.05) is 19.4 Å². The number of hydrogen-bond donors (Lipinski definition) is 1. The van der Waals surface area contributed by atoms with Gasteiger partial charge in [0.15, 0.2) is 6.61 Å². The zero-order chi connectivity index (χ0) is 18.2. The highest BCUT2D eigenvalue weighted by Gasteiger charge is 2.08. The predicted molar refractivity (Wildman–Crippen MR) is 102 cm³/mol. The third kappa shape index (κ3) is 5.82. The van der Waals surface area contributed by atoms with Gasteiger partial charge in [-0.25, -0.2) is 0 Å². The summed E-state index contributed by atoms with van der Waals surface area (Å²) in [6.07, 6.45) is 2.14. The summed E-state index contributed by atoms with van der Waals surface area (Å²) in [7, 11) is 0. The van der Waals surface area contributed by atoms with E-state index in [1.54, 1.807) is 0 Å². The molecule has 0 atom stereocenters. The second kappa shape index (κ2) is 9.11. The Labute approximate surface area is 150 Å². The average molecular weight is 341 g/mol. The normalized spacial score (nSPS) is 10.4. The van der Waals surface area contributed by atoms with Crippen molar-refractivity contribution in [2.75, 3.05) is 18.5 Å². The predicted octanol–water partition coefficient (Wildman–Crippen LogP) is 4.81. The van der Waals surface area contributed by atoms with Crippen LogP contribution in [0.3, 0.4) is 0 Å². The minimum Gasteiger partial charge on any atom is -0.494 e. The Morgan fingerprint density at radius 3 is 2.44 bits per heavy atom. The van der Waals surface area contributed by atoms with Crippen molar-refractivity contribution in [2.45, 2.75) is 40.5 Å². The zero-order valence-corrected chi connectivity index (χ0v) is 15.5. The van der Waals surface area contributed by atoms with Crippen molar-refractivity contribution in [1.29, 1.82) is 0 Å². The zero-order valence-electron chi connectivity index (χ0n) is 15.5. The summed E-state index contributed by atoms with van der Waals surface area (Å²) in [6.45, 7) is 8.88. The first kappa shape index (κ1) is 18.8. The second-order valence-electron chi connectivity index (χ2n) is 6.27. The number of benzene rings is 2. The number of carbonyl (C=O) groups is 1. The van der Waals surface area contributed by atoms with Crippen LogP contribution in [0.15, 0.2) is 36.4 Å². The van der Waals surface area contributed by atoms with Gasteiger partial charge in [-0.05, 0) is 74.2 Å². The molecule has 4 nitrogen and oxygen atoms in total. The Morgan fingerprint density at radius 2 is 1.76 bits per heavy atom. The Morgan fingerprint density at radius 1 is 1.04 bits per heavy atom. The van der Waals surface area contributed by atoms with Crippen LogP contribution in [0.2, 0.25) is 0 Å². The van der Waals surface area contributed by atoms with Gasteiger partial charge in [-0.15, -0.1) is 0 Å². The second-order valence-corrected chi connectivity index (χ2v) is 6.27. The number of aryl methyl sites for hydroxylation is 2. The van der Waals surface area contributed by atoms with Crippen LogP contribution >= 0.6 is 0 Å². The van der Waals surface area contributed by atoms with Gasteiger partial charge >= 0.3 is 0 Å². The molecule has 0 bridgehead atoms. The van der Waals surface area contributed by atoms with Gasteiger partial charge in [-0.2, -0.15) is 0 Å². The molecule has 0 saturated carbocycles. The monoisotopic (exact) mass is 341 g/mol. The van der Waals surface area contributed by atoms with E-state index in [9.17, 15) is 4.79 Å². The molecule has 2 aromatic rings. The SMILES string of the molecule is CCCCOc1ccc(NC(=O)COc2cc(C)cc(C)c2C)cc1. The summed E-state index contributed by atoms with van der Waals surface area (Å²) in [4.78, 5) is 12.1. The summed E-state index contributed by atoms with van der Waals surface area (Å²) >= 11 is 0. The topological polar surface area (TPSA) is 47.6 Å². The number of ether oxygens (including phenoxy) is 2. The molecule has 0 heterocycles. The Balaban J connectivity index is 1.86. The van der Waals surface area contributed by atoms with Gasteiger partial charge in [0.1, 0.15) is 11.5 Å². The molecule has 0 saturated heterocycles. The molecule has 2 aromatic carbocycles. The van der Waals surface area contributed by atoms with Gasteiger partial charge in [0.2, 0.25) is 0 Å². The van der Waals surface area contributed by atoms with Gasteiger partial charge in [-0.3, -0.25) is 4.79 Å². The highest BCUT2D eigenvalue weighted by Crippen LogP contribution is 2.23. The van der Waals surface area contributed by atoms with E-state index < -0.39 is 0 Å². The first-order chi connectivity index (χ1) is 12.0. The van der Waals surface area contributed by atoms with Gasteiger partial charge in [0.05, 0.1) is 6.61 Å². The molecule has 0 radical (unpaired) electrons. The lowest BCUT2D eigenvalue weighted by Gasteiger charge is -2.12. The van der Waals surface area contributed by atoms with Crippen LogP contribution in [-0.2, 0) is 4.79 Å². The minimum atomic E-state index is -0.182. The van der Waals surface area contributed by atoms with Crippen LogP contribution < -0.4 is 14.8 Å². The van der Waals surface area contributed by atoms with Crippen LogP contribution in [0, 0.1) is 20.8 Å². The van der Waals surface area contributed by atoms with Crippen LogP contribution in [0.5, 0.6) is 11.5 Å². The minimum absolute atomic E-state index is 0.0154. The fourth-order valence-corrected chi connectivity index (χ4v) is 2.46. The molecule has 1 N–H and O–H groups in total. The Kier molecular flexibility index (Phi) is 6.87. The number of amides is 1. The van der Waals surface area contributed by atoms with Gasteiger partial charge < -0.3 is 14.8 Å². The fraction of sp³-hybridized carbons (Fsp3) is 0.381. The molecule has 1 amide bonds. The van der Waals surface area contributed by atoms with E-state index in [0.717, 1.165) is 46.7 Å². The third-order valence-electron chi connectivity index (χ3n) is 4.03. The summed E-state index contributed by atoms with van der Waals surface area (Å²) in [6, 6.07) is 11.5. The van der Waals surface area contributed by atoms with E-state index in [-0.39, 0.29) is 12.5 Å². The number of rotatable bonds is 8. The number of nitrogens with one attached hydrogen (secondary N) is 1. The maximum Gasteiger partial charge on any atom is 0.262 e. The largest absolute Gasteiger partial charge is 0.494 e. The number of hydrogen-bond acceptors (Lipinski definition) is 3. The van der Waals surface area contributed by atoms with Crippen LogP contribution in [0.25, 0.3) is 0 Å². The summed E-state index contributed by atoms with van der Waals surface area (Å²) < 4.78 is 11.3. The van der Waals surface area contributed by atoms with Crippen molar-refractivity contribution in [3.05, 3.63) is 53.1 Å². The number of carbonyl (C=O) groups excluding carboxylic acids is 1.